The third-order valence-corrected chi connectivity index (χ3v) is 3.37. The van der Waals surface area contributed by atoms with Crippen molar-refractivity contribution in [2.75, 3.05) is 26.4 Å². The van der Waals surface area contributed by atoms with Crippen LogP contribution in [-0.4, -0.2) is 43.3 Å². The summed E-state index contributed by atoms with van der Waals surface area (Å²) in [6, 6.07) is 0.0600. The van der Waals surface area contributed by atoms with Gasteiger partial charge in [0.25, 0.3) is 0 Å². The predicted octanol–water partition coefficient (Wildman–Crippen LogP) is 0.581. The topological polar surface area (TPSA) is 41.6 Å². The molecule has 1 N–H and O–H groups in total. The van der Waals surface area contributed by atoms with Crippen LogP contribution in [0.5, 0.6) is 0 Å². The average molecular weight is 212 g/mol. The van der Waals surface area contributed by atoms with E-state index in [9.17, 15) is 4.79 Å². The van der Waals surface area contributed by atoms with E-state index >= 15 is 0 Å². The Balaban J connectivity index is 1.82. The van der Waals surface area contributed by atoms with Gasteiger partial charge >= 0.3 is 0 Å². The van der Waals surface area contributed by atoms with Crippen LogP contribution in [-0.2, 0) is 9.53 Å². The molecule has 4 heteroatoms. The van der Waals surface area contributed by atoms with E-state index in [-0.39, 0.29) is 11.9 Å². The highest BCUT2D eigenvalue weighted by molar-refractivity contribution is 5.83. The zero-order valence-electron chi connectivity index (χ0n) is 9.37. The minimum absolute atomic E-state index is 0.0600. The fourth-order valence-electron chi connectivity index (χ4n) is 2.32. The highest BCUT2D eigenvalue weighted by Gasteiger charge is 2.31. The monoisotopic (exact) mass is 212 g/mol. The molecule has 2 saturated heterocycles. The summed E-state index contributed by atoms with van der Waals surface area (Å²) in [5.41, 5.74) is 0. The molecular weight excluding hydrogens is 192 g/mol. The highest BCUT2D eigenvalue weighted by Crippen LogP contribution is 2.18. The summed E-state index contributed by atoms with van der Waals surface area (Å²) in [5, 5.41) is 3.24. The maximum atomic E-state index is 11.8. The molecule has 15 heavy (non-hydrogen) atoms. The minimum Gasteiger partial charge on any atom is -0.381 e. The van der Waals surface area contributed by atoms with Gasteiger partial charge in [-0.05, 0) is 25.2 Å². The summed E-state index contributed by atoms with van der Waals surface area (Å²) < 4.78 is 5.31. The molecular formula is C11H20N2O2. The van der Waals surface area contributed by atoms with Crippen molar-refractivity contribution in [1.29, 1.82) is 0 Å². The fraction of sp³-hybridized carbons (Fsp3) is 0.909. The first-order valence-electron chi connectivity index (χ1n) is 5.91. The molecule has 0 aromatic heterocycles. The first kappa shape index (κ1) is 10.9. The largest absolute Gasteiger partial charge is 0.381 e. The van der Waals surface area contributed by atoms with Gasteiger partial charge in [0.2, 0.25) is 5.91 Å². The summed E-state index contributed by atoms with van der Waals surface area (Å²) in [6.45, 7) is 5.41. The second kappa shape index (κ2) is 4.94. The van der Waals surface area contributed by atoms with Crippen LogP contribution in [0.25, 0.3) is 0 Å². The average Bonchev–Trinajstić information content (AvgIpc) is 2.62. The molecule has 2 aliphatic rings. The van der Waals surface area contributed by atoms with Gasteiger partial charge in [0.1, 0.15) is 0 Å². The number of carbonyl (C=O) groups excluding carboxylic acids is 1. The minimum atomic E-state index is 0.0600. The van der Waals surface area contributed by atoms with E-state index in [4.69, 9.17) is 4.74 Å². The molecule has 2 rings (SSSR count). The molecule has 2 heterocycles. The molecule has 2 aliphatic heterocycles. The van der Waals surface area contributed by atoms with Gasteiger partial charge in [0, 0.05) is 19.8 Å². The first-order chi connectivity index (χ1) is 7.31. The molecule has 1 amide bonds. The molecule has 0 spiro atoms. The van der Waals surface area contributed by atoms with E-state index in [1.165, 1.54) is 0 Å². The standard InChI is InChI=1S/C11H20N2O2/c1-2-10-11(14)13(8-12-10)7-9-3-5-15-6-4-9/h9-10,12H,2-8H2,1H3. The van der Waals surface area contributed by atoms with Crippen LogP contribution in [0.2, 0.25) is 0 Å². The number of hydrogen-bond acceptors (Lipinski definition) is 3. The van der Waals surface area contributed by atoms with Gasteiger partial charge in [0.05, 0.1) is 12.7 Å². The molecule has 0 radical (unpaired) electrons. The van der Waals surface area contributed by atoms with Crippen LogP contribution >= 0.6 is 0 Å². The maximum absolute atomic E-state index is 11.8. The molecule has 86 valence electrons. The van der Waals surface area contributed by atoms with Crippen LogP contribution in [0.15, 0.2) is 0 Å². The van der Waals surface area contributed by atoms with Crippen molar-refractivity contribution in [3.05, 3.63) is 0 Å². The van der Waals surface area contributed by atoms with Crippen molar-refractivity contribution < 1.29 is 9.53 Å². The quantitative estimate of drug-likeness (QED) is 0.744. The van der Waals surface area contributed by atoms with Crippen molar-refractivity contribution in [2.45, 2.75) is 32.2 Å². The highest BCUT2D eigenvalue weighted by atomic mass is 16.5. The summed E-state index contributed by atoms with van der Waals surface area (Å²) in [7, 11) is 0. The summed E-state index contributed by atoms with van der Waals surface area (Å²) in [5.74, 6) is 0.920. The summed E-state index contributed by atoms with van der Waals surface area (Å²) >= 11 is 0. The fourth-order valence-corrected chi connectivity index (χ4v) is 2.32. The second-order valence-electron chi connectivity index (χ2n) is 4.44. The van der Waals surface area contributed by atoms with Gasteiger partial charge in [0.15, 0.2) is 0 Å². The molecule has 0 aromatic carbocycles. The van der Waals surface area contributed by atoms with E-state index in [0.29, 0.717) is 5.92 Å². The summed E-state index contributed by atoms with van der Waals surface area (Å²) in [6.07, 6.45) is 3.09. The van der Waals surface area contributed by atoms with Crippen LogP contribution in [0.4, 0.5) is 0 Å². The molecule has 1 unspecified atom stereocenters. The zero-order valence-corrected chi connectivity index (χ0v) is 9.37. The van der Waals surface area contributed by atoms with Gasteiger partial charge in [-0.1, -0.05) is 6.92 Å². The van der Waals surface area contributed by atoms with Gasteiger partial charge in [-0.3, -0.25) is 10.1 Å². The Bertz CT molecular complexity index is 227. The molecule has 0 aromatic rings. The zero-order chi connectivity index (χ0) is 10.7. The van der Waals surface area contributed by atoms with Crippen molar-refractivity contribution in [1.82, 2.24) is 10.2 Å². The van der Waals surface area contributed by atoms with Gasteiger partial charge in [-0.25, -0.2) is 0 Å². The van der Waals surface area contributed by atoms with Crippen molar-refractivity contribution in [3.63, 3.8) is 0 Å². The molecule has 0 aliphatic carbocycles. The number of carbonyl (C=O) groups is 1. The number of ether oxygens (including phenoxy) is 1. The Morgan fingerprint density at radius 1 is 1.47 bits per heavy atom. The third kappa shape index (κ3) is 2.49. The Morgan fingerprint density at radius 3 is 2.80 bits per heavy atom. The number of rotatable bonds is 3. The lowest BCUT2D eigenvalue weighted by Crippen LogP contribution is -2.35. The van der Waals surface area contributed by atoms with E-state index < -0.39 is 0 Å². The van der Waals surface area contributed by atoms with E-state index in [1.807, 2.05) is 11.8 Å². The SMILES string of the molecule is CCC1NCN(CC2CCOCC2)C1=O. The maximum Gasteiger partial charge on any atom is 0.240 e. The van der Waals surface area contributed by atoms with Gasteiger partial charge in [-0.2, -0.15) is 0 Å². The predicted molar refractivity (Wildman–Crippen MR) is 57.3 cm³/mol. The van der Waals surface area contributed by atoms with E-state index in [2.05, 4.69) is 5.32 Å². The van der Waals surface area contributed by atoms with Gasteiger partial charge in [-0.15, -0.1) is 0 Å². The lowest BCUT2D eigenvalue weighted by atomic mass is 10.00. The van der Waals surface area contributed by atoms with Crippen molar-refractivity contribution >= 4 is 5.91 Å². The second-order valence-corrected chi connectivity index (χ2v) is 4.44. The number of hydrogen-bond donors (Lipinski definition) is 1. The number of nitrogens with zero attached hydrogens (tertiary/aromatic N) is 1. The lowest BCUT2D eigenvalue weighted by molar-refractivity contribution is -0.129. The lowest BCUT2D eigenvalue weighted by Gasteiger charge is -2.26. The van der Waals surface area contributed by atoms with Crippen molar-refractivity contribution in [2.24, 2.45) is 5.92 Å². The number of nitrogens with one attached hydrogen (secondary N) is 1. The van der Waals surface area contributed by atoms with E-state index in [0.717, 1.165) is 45.7 Å². The molecule has 0 bridgehead atoms. The van der Waals surface area contributed by atoms with Crippen molar-refractivity contribution in [3.8, 4) is 0 Å². The number of amides is 1. The normalized spacial score (nSPS) is 28.7. The smallest absolute Gasteiger partial charge is 0.240 e. The molecule has 2 fully saturated rings. The first-order valence-corrected chi connectivity index (χ1v) is 5.91. The summed E-state index contributed by atoms with van der Waals surface area (Å²) in [4.78, 5) is 13.8. The molecule has 4 nitrogen and oxygen atoms in total. The molecule has 1 atom stereocenters. The Hall–Kier alpha value is -0.610. The van der Waals surface area contributed by atoms with Crippen LogP contribution in [0.3, 0.4) is 0 Å². The van der Waals surface area contributed by atoms with Crippen LogP contribution in [0.1, 0.15) is 26.2 Å². The molecule has 0 saturated carbocycles. The third-order valence-electron chi connectivity index (χ3n) is 3.37. The van der Waals surface area contributed by atoms with Gasteiger partial charge < -0.3 is 9.64 Å². The Kier molecular flexibility index (Phi) is 3.59. The van der Waals surface area contributed by atoms with Crippen LogP contribution < -0.4 is 5.32 Å². The Labute approximate surface area is 91.0 Å². The van der Waals surface area contributed by atoms with E-state index in [1.54, 1.807) is 0 Å². The van der Waals surface area contributed by atoms with Crippen LogP contribution in [0, 0.1) is 5.92 Å². The Morgan fingerprint density at radius 2 is 2.20 bits per heavy atom.